The molecule has 2 saturated heterocycles. The minimum atomic E-state index is -0.702. The Balaban J connectivity index is 1.38. The summed E-state index contributed by atoms with van der Waals surface area (Å²) in [6.45, 7) is 5.12. The number of nitrogens with zero attached hydrogens (tertiary/aromatic N) is 3. The SMILES string of the molecule is Cc1ccc(N2C[C@]34C=C[C@H](O3)[C@H](C(=O)N(C)CCc3cn[nH]c3)[C@@H]4C2=O)cc1C. The van der Waals surface area contributed by atoms with Crippen molar-refractivity contribution in [3.8, 4) is 0 Å². The number of hydrogen-bond donors (Lipinski definition) is 1. The third kappa shape index (κ3) is 2.80. The van der Waals surface area contributed by atoms with E-state index in [4.69, 9.17) is 4.74 Å². The molecule has 2 amide bonds. The quantitative estimate of drug-likeness (QED) is 0.771. The second-order valence-corrected chi connectivity index (χ2v) is 8.71. The number of aromatic amines is 1. The molecule has 7 heteroatoms. The lowest BCUT2D eigenvalue weighted by Gasteiger charge is -2.27. The third-order valence-electron chi connectivity index (χ3n) is 6.85. The van der Waals surface area contributed by atoms with Crippen LogP contribution in [0.25, 0.3) is 0 Å². The Hall–Kier alpha value is -2.93. The Bertz CT molecular complexity index is 1030. The first-order valence-electron chi connectivity index (χ1n) is 10.4. The fraction of sp³-hybridized carbons (Fsp3) is 0.435. The van der Waals surface area contributed by atoms with Crippen molar-refractivity contribution in [2.45, 2.75) is 32.0 Å². The van der Waals surface area contributed by atoms with Gasteiger partial charge in [-0.3, -0.25) is 14.7 Å². The molecule has 3 aliphatic rings. The van der Waals surface area contributed by atoms with Gasteiger partial charge in [0, 0.05) is 25.5 Å². The Morgan fingerprint density at radius 2 is 2.20 bits per heavy atom. The summed E-state index contributed by atoms with van der Waals surface area (Å²) in [4.78, 5) is 30.3. The molecule has 30 heavy (non-hydrogen) atoms. The number of benzene rings is 1. The van der Waals surface area contributed by atoms with Gasteiger partial charge in [-0.05, 0) is 49.1 Å². The molecule has 4 atom stereocenters. The number of likely N-dealkylation sites (N-methyl/N-ethyl adjacent to an activating group) is 1. The van der Waals surface area contributed by atoms with E-state index in [-0.39, 0.29) is 17.9 Å². The highest BCUT2D eigenvalue weighted by Crippen LogP contribution is 2.53. The van der Waals surface area contributed by atoms with E-state index < -0.39 is 17.4 Å². The number of amides is 2. The maximum Gasteiger partial charge on any atom is 0.234 e. The predicted octanol–water partition coefficient (Wildman–Crippen LogP) is 2.01. The number of carbonyl (C=O) groups is 2. The molecule has 0 radical (unpaired) electrons. The lowest BCUT2D eigenvalue weighted by molar-refractivity contribution is -0.139. The van der Waals surface area contributed by atoms with Crippen LogP contribution in [-0.2, 0) is 20.7 Å². The predicted molar refractivity (Wildman–Crippen MR) is 112 cm³/mol. The molecule has 0 unspecified atom stereocenters. The van der Waals surface area contributed by atoms with Crippen LogP contribution in [0.15, 0.2) is 42.7 Å². The fourth-order valence-corrected chi connectivity index (χ4v) is 4.97. The summed E-state index contributed by atoms with van der Waals surface area (Å²) in [6.07, 6.45) is 7.93. The first kappa shape index (κ1) is 19.1. The van der Waals surface area contributed by atoms with Crippen molar-refractivity contribution in [1.29, 1.82) is 0 Å². The van der Waals surface area contributed by atoms with Crippen LogP contribution < -0.4 is 4.90 Å². The molecule has 7 nitrogen and oxygen atoms in total. The van der Waals surface area contributed by atoms with Gasteiger partial charge in [-0.1, -0.05) is 18.2 Å². The van der Waals surface area contributed by atoms with Crippen molar-refractivity contribution in [2.24, 2.45) is 11.8 Å². The molecule has 1 aromatic heterocycles. The number of hydrogen-bond acceptors (Lipinski definition) is 4. The van der Waals surface area contributed by atoms with Crippen molar-refractivity contribution in [2.75, 3.05) is 25.0 Å². The maximum absolute atomic E-state index is 13.5. The van der Waals surface area contributed by atoms with Gasteiger partial charge in [0.2, 0.25) is 11.8 Å². The van der Waals surface area contributed by atoms with Gasteiger partial charge >= 0.3 is 0 Å². The first-order chi connectivity index (χ1) is 14.4. The van der Waals surface area contributed by atoms with Crippen LogP contribution in [0.2, 0.25) is 0 Å². The second kappa shape index (κ2) is 6.80. The molecule has 156 valence electrons. The van der Waals surface area contributed by atoms with Crippen molar-refractivity contribution in [1.82, 2.24) is 15.1 Å². The molecule has 2 aromatic rings. The van der Waals surface area contributed by atoms with E-state index in [9.17, 15) is 9.59 Å². The molecule has 0 aliphatic carbocycles. The highest BCUT2D eigenvalue weighted by atomic mass is 16.5. The Labute approximate surface area is 175 Å². The van der Waals surface area contributed by atoms with Gasteiger partial charge in [-0.15, -0.1) is 0 Å². The molecular weight excluding hydrogens is 380 g/mol. The van der Waals surface area contributed by atoms with Crippen LogP contribution in [0.5, 0.6) is 0 Å². The molecule has 2 fully saturated rings. The Kier molecular flexibility index (Phi) is 4.32. The monoisotopic (exact) mass is 406 g/mol. The minimum absolute atomic E-state index is 0.0216. The van der Waals surface area contributed by atoms with Crippen LogP contribution in [0.1, 0.15) is 16.7 Å². The average Bonchev–Trinajstić information content (AvgIpc) is 3.50. The Morgan fingerprint density at radius 1 is 1.37 bits per heavy atom. The smallest absolute Gasteiger partial charge is 0.234 e. The number of fused-ring (bicyclic) bond motifs is 1. The van der Waals surface area contributed by atoms with Gasteiger partial charge in [0.1, 0.15) is 5.60 Å². The zero-order valence-electron chi connectivity index (χ0n) is 17.5. The number of nitrogens with one attached hydrogen (secondary N) is 1. The third-order valence-corrected chi connectivity index (χ3v) is 6.85. The summed E-state index contributed by atoms with van der Waals surface area (Å²) >= 11 is 0. The molecule has 2 bridgehead atoms. The van der Waals surface area contributed by atoms with E-state index in [1.807, 2.05) is 43.5 Å². The molecule has 1 N–H and O–H groups in total. The van der Waals surface area contributed by atoms with Crippen molar-refractivity contribution >= 4 is 17.5 Å². The number of aryl methyl sites for hydroxylation is 2. The number of H-pyrrole nitrogens is 1. The summed E-state index contributed by atoms with van der Waals surface area (Å²) in [5.74, 6) is -1.01. The number of anilines is 1. The van der Waals surface area contributed by atoms with Crippen LogP contribution in [-0.4, -0.2) is 58.8 Å². The van der Waals surface area contributed by atoms with E-state index >= 15 is 0 Å². The van der Waals surface area contributed by atoms with Crippen LogP contribution in [0.4, 0.5) is 5.69 Å². The zero-order valence-corrected chi connectivity index (χ0v) is 17.5. The molecule has 5 rings (SSSR count). The molecule has 1 spiro atoms. The normalized spacial score (nSPS) is 29.0. The van der Waals surface area contributed by atoms with Crippen LogP contribution in [0.3, 0.4) is 0 Å². The van der Waals surface area contributed by atoms with E-state index in [1.54, 1.807) is 23.0 Å². The van der Waals surface area contributed by atoms with E-state index in [1.165, 1.54) is 5.56 Å². The molecule has 4 heterocycles. The standard InChI is InChI=1S/C23H26N4O3/c1-14-4-5-17(10-15(14)2)27-13-23-8-6-18(30-23)19(20(23)22(27)29)21(28)26(3)9-7-16-11-24-25-12-16/h4-6,8,10-12,18-20H,7,9,13H2,1-3H3,(H,24,25)/t18-,19-,20+,23-/m0/s1. The topological polar surface area (TPSA) is 78.5 Å². The van der Waals surface area contributed by atoms with Crippen molar-refractivity contribution < 1.29 is 14.3 Å². The van der Waals surface area contributed by atoms with Gasteiger partial charge in [0.25, 0.3) is 0 Å². The Morgan fingerprint density at radius 3 is 2.93 bits per heavy atom. The van der Waals surface area contributed by atoms with E-state index in [0.29, 0.717) is 19.5 Å². The van der Waals surface area contributed by atoms with Crippen LogP contribution >= 0.6 is 0 Å². The number of aromatic nitrogens is 2. The van der Waals surface area contributed by atoms with E-state index in [0.717, 1.165) is 16.8 Å². The van der Waals surface area contributed by atoms with Gasteiger partial charge in [0.05, 0.1) is 30.7 Å². The van der Waals surface area contributed by atoms with Gasteiger partial charge < -0.3 is 14.5 Å². The summed E-state index contributed by atoms with van der Waals surface area (Å²) in [5, 5.41) is 6.74. The number of rotatable bonds is 5. The van der Waals surface area contributed by atoms with E-state index in [2.05, 4.69) is 17.1 Å². The van der Waals surface area contributed by atoms with Crippen molar-refractivity contribution in [3.05, 3.63) is 59.4 Å². The lowest BCUT2D eigenvalue weighted by atomic mass is 9.76. The van der Waals surface area contributed by atoms with Crippen molar-refractivity contribution in [3.63, 3.8) is 0 Å². The minimum Gasteiger partial charge on any atom is -0.360 e. The molecule has 0 saturated carbocycles. The molecular formula is C23H26N4O3. The summed E-state index contributed by atoms with van der Waals surface area (Å²) in [5.41, 5.74) is 3.54. The number of carbonyl (C=O) groups excluding carboxylic acids is 2. The van der Waals surface area contributed by atoms with Gasteiger partial charge in [0.15, 0.2) is 0 Å². The van der Waals surface area contributed by atoms with Crippen LogP contribution in [0, 0.1) is 25.7 Å². The fourth-order valence-electron chi connectivity index (χ4n) is 4.97. The highest BCUT2D eigenvalue weighted by Gasteiger charge is 2.67. The molecule has 1 aromatic carbocycles. The second-order valence-electron chi connectivity index (χ2n) is 8.71. The summed E-state index contributed by atoms with van der Waals surface area (Å²) in [7, 11) is 1.80. The summed E-state index contributed by atoms with van der Waals surface area (Å²) < 4.78 is 6.26. The lowest BCUT2D eigenvalue weighted by Crippen LogP contribution is -2.45. The molecule has 3 aliphatic heterocycles. The zero-order chi connectivity index (χ0) is 21.0. The maximum atomic E-state index is 13.5. The average molecular weight is 406 g/mol. The van der Waals surface area contributed by atoms with Gasteiger partial charge in [-0.2, -0.15) is 5.10 Å². The first-order valence-corrected chi connectivity index (χ1v) is 10.4. The highest BCUT2D eigenvalue weighted by molar-refractivity contribution is 6.03. The largest absolute Gasteiger partial charge is 0.360 e. The number of ether oxygens (including phenoxy) is 1. The van der Waals surface area contributed by atoms with Gasteiger partial charge in [-0.25, -0.2) is 0 Å². The summed E-state index contributed by atoms with van der Waals surface area (Å²) in [6, 6.07) is 6.04.